The molecule has 3 fully saturated rings. The van der Waals surface area contributed by atoms with Gasteiger partial charge in [-0.25, -0.2) is 4.79 Å². The smallest absolute Gasteiger partial charge is 0.322 e. The van der Waals surface area contributed by atoms with Crippen LogP contribution >= 0.6 is 0 Å². The van der Waals surface area contributed by atoms with Gasteiger partial charge in [0.1, 0.15) is 22.8 Å². The highest BCUT2D eigenvalue weighted by Crippen LogP contribution is 2.30. The number of rotatable bonds is 4. The molecular weight excluding hydrogens is 517 g/mol. The summed E-state index contributed by atoms with van der Waals surface area (Å²) in [5.41, 5.74) is 1.50. The van der Waals surface area contributed by atoms with Crippen molar-refractivity contribution in [2.45, 2.75) is 38.1 Å². The Labute approximate surface area is 246 Å². The van der Waals surface area contributed by atoms with Gasteiger partial charge in [0, 0.05) is 85.1 Å². The van der Waals surface area contributed by atoms with E-state index >= 15 is 0 Å². The van der Waals surface area contributed by atoms with Gasteiger partial charge in [-0.3, -0.25) is 14.9 Å². The number of amides is 3. The molecule has 3 amide bonds. The lowest BCUT2D eigenvalue weighted by Gasteiger charge is -2.38. The molecule has 0 saturated carbocycles. The zero-order chi connectivity index (χ0) is 30.3. The fourth-order valence-corrected chi connectivity index (χ4v) is 4.66. The van der Waals surface area contributed by atoms with Crippen molar-refractivity contribution in [1.29, 1.82) is 0 Å². The number of hydrogen-bond acceptors (Lipinski definition) is 7. The highest BCUT2D eigenvalue weighted by atomic mass is 16.5. The van der Waals surface area contributed by atoms with Crippen molar-refractivity contribution >= 4 is 51.6 Å². The molecule has 3 heterocycles. The third-order valence-corrected chi connectivity index (χ3v) is 6.79. The number of benzene rings is 2. The summed E-state index contributed by atoms with van der Waals surface area (Å²) in [4.78, 5) is 38.7. The van der Waals surface area contributed by atoms with Gasteiger partial charge in [-0.2, -0.15) is 0 Å². The van der Waals surface area contributed by atoms with Gasteiger partial charge in [0.2, 0.25) is 0 Å². The van der Waals surface area contributed by atoms with Crippen LogP contribution in [0, 0.1) is 12.3 Å². The molecule has 5 radical (unpaired) electrons. The van der Waals surface area contributed by atoms with Gasteiger partial charge in [0.25, 0.3) is 5.91 Å². The molecule has 2 aromatic carbocycles. The molecule has 0 bridgehead atoms. The molecule has 1 spiro atoms. The average Bonchev–Trinajstić information content (AvgIpc) is 3.26. The maximum Gasteiger partial charge on any atom is 0.322 e. The van der Waals surface area contributed by atoms with Gasteiger partial charge >= 0.3 is 6.03 Å². The predicted molar refractivity (Wildman–Crippen MR) is 165 cm³/mol. The highest BCUT2D eigenvalue weighted by Gasteiger charge is 2.47. The quantitative estimate of drug-likeness (QED) is 0.341. The number of piperidine rings is 2. The van der Waals surface area contributed by atoms with Crippen LogP contribution in [0.25, 0.3) is 0 Å². The van der Waals surface area contributed by atoms with Crippen molar-refractivity contribution in [1.82, 2.24) is 10.6 Å². The fourth-order valence-electron chi connectivity index (χ4n) is 4.66. The second kappa shape index (κ2) is 17.0. The summed E-state index contributed by atoms with van der Waals surface area (Å²) in [6.45, 7) is 4.75. The Hall–Kier alpha value is -4.00. The van der Waals surface area contributed by atoms with E-state index in [1.165, 1.54) is 0 Å². The average molecular weight is 553 g/mol. The lowest BCUT2D eigenvalue weighted by molar-refractivity contribution is -0.124. The maximum absolute atomic E-state index is 11.9. The summed E-state index contributed by atoms with van der Waals surface area (Å²) in [5, 5.41) is 5.09. The predicted octanol–water partition coefficient (Wildman–Crippen LogP) is 2.24. The molecule has 5 rings (SSSR count). The van der Waals surface area contributed by atoms with Gasteiger partial charge in [0.05, 0.1) is 14.2 Å². The SMILES string of the molecule is C#CC.COc1cccc(N2CCC(=O)CC2)c1.COc1cccc(N2CCC3(CC2)NC(=O)NC3=O)c1.[B][B][B]. The first-order chi connectivity index (χ1) is 19.7. The molecule has 211 valence electrons. The molecule has 0 aromatic heterocycles. The normalized spacial score (nSPS) is 16.7. The van der Waals surface area contributed by atoms with Crippen LogP contribution in [0.5, 0.6) is 11.5 Å². The van der Waals surface area contributed by atoms with Gasteiger partial charge in [-0.15, -0.1) is 12.3 Å². The Balaban J connectivity index is 0.000000248. The number of ketones is 1. The van der Waals surface area contributed by atoms with E-state index < -0.39 is 5.54 Å². The van der Waals surface area contributed by atoms with Crippen LogP contribution in [-0.2, 0) is 9.59 Å². The number of ether oxygens (including phenoxy) is 2. The van der Waals surface area contributed by atoms with Crippen LogP contribution in [0.4, 0.5) is 16.2 Å². The van der Waals surface area contributed by atoms with Crippen molar-refractivity contribution in [2.24, 2.45) is 0 Å². The number of anilines is 2. The van der Waals surface area contributed by atoms with Crippen molar-refractivity contribution in [3.63, 3.8) is 0 Å². The molecule has 2 aromatic rings. The van der Waals surface area contributed by atoms with E-state index in [9.17, 15) is 14.4 Å². The summed E-state index contributed by atoms with van der Waals surface area (Å²) < 4.78 is 10.4. The van der Waals surface area contributed by atoms with E-state index in [-0.39, 0.29) is 11.9 Å². The van der Waals surface area contributed by atoms with Crippen molar-refractivity contribution in [3.05, 3.63) is 48.5 Å². The topological polar surface area (TPSA) is 100 Å². The lowest BCUT2D eigenvalue weighted by atomic mass is 9.40. The Bertz CT molecular complexity index is 1190. The zero-order valence-corrected chi connectivity index (χ0v) is 24.0. The first-order valence-corrected chi connectivity index (χ1v) is 13.3. The molecule has 9 nitrogen and oxygen atoms in total. The van der Waals surface area contributed by atoms with Crippen LogP contribution in [-0.4, -0.2) is 86.2 Å². The molecule has 0 atom stereocenters. The number of hydrogen-bond donors (Lipinski definition) is 2. The molecule has 41 heavy (non-hydrogen) atoms. The first-order valence-electron chi connectivity index (χ1n) is 13.3. The van der Waals surface area contributed by atoms with Gasteiger partial charge in [-0.1, -0.05) is 12.1 Å². The highest BCUT2D eigenvalue weighted by molar-refractivity contribution is 7.17. The molecular formula is C29H36B3N4O5. The summed E-state index contributed by atoms with van der Waals surface area (Å²) in [5.74, 6) is 4.10. The number of carbonyl (C=O) groups excluding carboxylic acids is 3. The third kappa shape index (κ3) is 9.85. The standard InChI is InChI=1S/C14H17N3O3.C12H15NO2.C3H4.B3/c1-20-11-4-2-3-10(9-11)17-7-5-14(6-8-17)12(18)15-13(19)16-14;1-15-12-4-2-3-10(9-12)13-7-5-11(14)6-8-13;2*1-3-2/h2-4,9H,5-8H2,1H3,(H2,15,16,18,19);2-4,9H,5-8H2,1H3;1H,2H3;. The van der Waals surface area contributed by atoms with E-state index in [0.29, 0.717) is 31.5 Å². The molecule has 2 N–H and O–H groups in total. The number of urea groups is 1. The lowest BCUT2D eigenvalue weighted by Crippen LogP contribution is -2.54. The van der Waals surface area contributed by atoms with Crippen molar-refractivity contribution in [2.75, 3.05) is 50.2 Å². The summed E-state index contributed by atoms with van der Waals surface area (Å²) >= 11 is 0. The summed E-state index contributed by atoms with van der Waals surface area (Å²) in [6.07, 6.45) is 7.15. The van der Waals surface area contributed by atoms with E-state index in [1.54, 1.807) is 21.1 Å². The molecule has 3 aliphatic rings. The minimum absolute atomic E-state index is 0.201. The van der Waals surface area contributed by atoms with E-state index in [0.717, 1.165) is 56.1 Å². The number of carbonyl (C=O) groups is 3. The van der Waals surface area contributed by atoms with Crippen LogP contribution in [0.1, 0.15) is 32.6 Å². The molecule has 3 aliphatic heterocycles. The number of methoxy groups -OCH3 is 2. The van der Waals surface area contributed by atoms with Crippen LogP contribution in [0.15, 0.2) is 48.5 Å². The van der Waals surface area contributed by atoms with E-state index in [1.807, 2.05) is 42.5 Å². The molecule has 0 unspecified atom stereocenters. The minimum Gasteiger partial charge on any atom is -0.497 e. The molecule has 3 saturated heterocycles. The van der Waals surface area contributed by atoms with Crippen LogP contribution < -0.4 is 29.9 Å². The fraction of sp³-hybridized carbons (Fsp3) is 0.414. The van der Waals surface area contributed by atoms with Crippen LogP contribution in [0.2, 0.25) is 0 Å². The summed E-state index contributed by atoms with van der Waals surface area (Å²) in [7, 11) is 13.3. The second-order valence-corrected chi connectivity index (χ2v) is 9.39. The van der Waals surface area contributed by atoms with E-state index in [4.69, 9.17) is 9.47 Å². The number of imide groups is 1. The third-order valence-electron chi connectivity index (χ3n) is 6.79. The van der Waals surface area contributed by atoms with Crippen LogP contribution in [0.3, 0.4) is 0 Å². The van der Waals surface area contributed by atoms with Gasteiger partial charge < -0.3 is 24.6 Å². The van der Waals surface area contributed by atoms with Crippen molar-refractivity contribution in [3.8, 4) is 23.8 Å². The maximum atomic E-state index is 11.9. The zero-order valence-electron chi connectivity index (χ0n) is 24.0. The minimum atomic E-state index is -0.716. The molecule has 0 aliphatic carbocycles. The van der Waals surface area contributed by atoms with Crippen molar-refractivity contribution < 1.29 is 23.9 Å². The first kappa shape index (κ1) is 33.2. The van der Waals surface area contributed by atoms with E-state index in [2.05, 4.69) is 54.3 Å². The second-order valence-electron chi connectivity index (χ2n) is 9.39. The summed E-state index contributed by atoms with van der Waals surface area (Å²) in [6, 6.07) is 15.4. The van der Waals surface area contributed by atoms with Gasteiger partial charge in [0.15, 0.2) is 0 Å². The molecule has 12 heteroatoms. The number of nitrogens with zero attached hydrogens (tertiary/aromatic N) is 2. The number of terminal acetylenes is 1. The largest absolute Gasteiger partial charge is 0.497 e. The Kier molecular flexibility index (Phi) is 13.7. The Morgan fingerprint density at radius 2 is 1.32 bits per heavy atom. The monoisotopic (exact) mass is 553 g/mol. The number of Topliss-reactive ketones (excluding diaryl/α,β-unsaturated/α-hetero) is 1. The Morgan fingerprint density at radius 1 is 0.878 bits per heavy atom. The number of nitrogens with one attached hydrogen (secondary N) is 2. The van der Waals surface area contributed by atoms with Gasteiger partial charge in [-0.05, 0) is 44.0 Å². The Morgan fingerprint density at radius 3 is 1.71 bits per heavy atom.